The van der Waals surface area contributed by atoms with Crippen molar-refractivity contribution >= 4 is 27.5 Å². The zero-order valence-electron chi connectivity index (χ0n) is 27.2. The number of carbonyl (C=O) groups excluding carboxylic acids is 2. The Bertz CT molecular complexity index is 1770. The lowest BCUT2D eigenvalue weighted by Gasteiger charge is -2.35. The molecule has 0 saturated heterocycles. The third-order valence-corrected chi connectivity index (χ3v) is 9.24. The first-order valence-corrected chi connectivity index (χ1v) is 16.6. The Balaban J connectivity index is 1.85. The molecule has 7 nitrogen and oxygen atoms in total. The monoisotopic (exact) mass is 643 g/mol. The van der Waals surface area contributed by atoms with Gasteiger partial charge in [-0.15, -0.1) is 0 Å². The van der Waals surface area contributed by atoms with Crippen molar-refractivity contribution in [2.45, 2.75) is 71.0 Å². The van der Waals surface area contributed by atoms with E-state index in [9.17, 15) is 18.0 Å². The highest BCUT2D eigenvalue weighted by atomic mass is 32.2. The number of nitrogens with zero attached hydrogens (tertiary/aromatic N) is 2. The molecule has 4 aromatic rings. The Kier molecular flexibility index (Phi) is 10.7. The van der Waals surface area contributed by atoms with Crippen molar-refractivity contribution in [2.24, 2.45) is 0 Å². The van der Waals surface area contributed by atoms with E-state index in [1.807, 2.05) is 77.9 Å². The van der Waals surface area contributed by atoms with E-state index in [1.165, 1.54) is 23.1 Å². The van der Waals surface area contributed by atoms with Crippen LogP contribution in [-0.2, 0) is 32.6 Å². The Morgan fingerprint density at radius 2 is 1.39 bits per heavy atom. The SMILES string of the molecule is Cc1ccc(S(=O)(=O)N(CC(=O)N(Cc2ccccc2F)[C@@H](Cc2ccccc2)C(=O)NC(C)(C)C)c2cc(C)cc(C)c2)cc1. The Morgan fingerprint density at radius 1 is 0.804 bits per heavy atom. The first kappa shape index (κ1) is 34.4. The quantitative estimate of drug-likeness (QED) is 0.202. The lowest BCUT2D eigenvalue weighted by Crippen LogP contribution is -2.56. The number of halogens is 1. The standard InChI is InChI=1S/C37H42FN3O4S/c1-26-16-18-32(19-17-26)46(44,45)41(31-21-27(2)20-28(3)22-31)25-35(42)40(24-30-14-10-11-15-33(30)38)34(36(43)39-37(4,5)6)23-29-12-8-7-9-13-29/h7-22,34H,23-25H2,1-6H3,(H,39,43)/t34-/m0/s1. The molecule has 242 valence electrons. The maximum absolute atomic E-state index is 15.1. The summed E-state index contributed by atoms with van der Waals surface area (Å²) in [6, 6.07) is 26.0. The normalized spacial score (nSPS) is 12.3. The van der Waals surface area contributed by atoms with Gasteiger partial charge in [0.05, 0.1) is 10.6 Å². The van der Waals surface area contributed by atoms with Gasteiger partial charge in [-0.1, -0.05) is 72.3 Å². The molecule has 1 N–H and O–H groups in total. The van der Waals surface area contributed by atoms with Gasteiger partial charge in [0.15, 0.2) is 0 Å². The molecule has 0 aliphatic rings. The van der Waals surface area contributed by atoms with E-state index < -0.39 is 45.8 Å². The van der Waals surface area contributed by atoms with Gasteiger partial charge >= 0.3 is 0 Å². The van der Waals surface area contributed by atoms with Gasteiger partial charge in [-0.25, -0.2) is 12.8 Å². The maximum atomic E-state index is 15.1. The van der Waals surface area contributed by atoms with Gasteiger partial charge in [0.2, 0.25) is 11.8 Å². The predicted molar refractivity (Wildman–Crippen MR) is 180 cm³/mol. The maximum Gasteiger partial charge on any atom is 0.264 e. The third-order valence-electron chi connectivity index (χ3n) is 7.45. The zero-order chi connectivity index (χ0) is 33.6. The molecule has 2 amide bonds. The van der Waals surface area contributed by atoms with E-state index in [0.29, 0.717) is 5.69 Å². The molecule has 0 aliphatic carbocycles. The summed E-state index contributed by atoms with van der Waals surface area (Å²) in [5, 5.41) is 2.98. The fourth-order valence-electron chi connectivity index (χ4n) is 5.28. The second-order valence-electron chi connectivity index (χ2n) is 12.7. The molecule has 46 heavy (non-hydrogen) atoms. The summed E-state index contributed by atoms with van der Waals surface area (Å²) in [5.41, 5.74) is 3.22. The number of nitrogens with one attached hydrogen (secondary N) is 1. The van der Waals surface area contributed by atoms with Crippen LogP contribution in [0.15, 0.2) is 102 Å². The summed E-state index contributed by atoms with van der Waals surface area (Å²) >= 11 is 0. The second-order valence-corrected chi connectivity index (χ2v) is 14.6. The molecule has 0 saturated carbocycles. The van der Waals surface area contributed by atoms with Crippen molar-refractivity contribution < 1.29 is 22.4 Å². The van der Waals surface area contributed by atoms with Crippen LogP contribution in [0.3, 0.4) is 0 Å². The van der Waals surface area contributed by atoms with E-state index in [2.05, 4.69) is 5.32 Å². The average molecular weight is 644 g/mol. The molecular formula is C37H42FN3O4S. The third kappa shape index (κ3) is 8.81. The van der Waals surface area contributed by atoms with Crippen LogP contribution < -0.4 is 9.62 Å². The minimum Gasteiger partial charge on any atom is -0.350 e. The van der Waals surface area contributed by atoms with E-state index in [1.54, 1.807) is 42.5 Å². The Hall–Kier alpha value is -4.50. The van der Waals surface area contributed by atoms with Crippen molar-refractivity contribution in [3.8, 4) is 0 Å². The summed E-state index contributed by atoms with van der Waals surface area (Å²) in [6.45, 7) is 10.2. The topological polar surface area (TPSA) is 86.8 Å². The summed E-state index contributed by atoms with van der Waals surface area (Å²) in [6.07, 6.45) is 0.136. The largest absolute Gasteiger partial charge is 0.350 e. The average Bonchev–Trinajstić information content (AvgIpc) is 2.97. The van der Waals surface area contributed by atoms with E-state index >= 15 is 4.39 Å². The van der Waals surface area contributed by atoms with E-state index in [4.69, 9.17) is 0 Å². The highest BCUT2D eigenvalue weighted by Gasteiger charge is 2.36. The van der Waals surface area contributed by atoms with Crippen LogP contribution in [0.1, 0.15) is 48.6 Å². The molecule has 0 aliphatic heterocycles. The number of rotatable bonds is 11. The molecule has 0 aromatic heterocycles. The molecule has 0 heterocycles. The van der Waals surface area contributed by atoms with Gasteiger partial charge in [-0.2, -0.15) is 0 Å². The molecule has 1 atom stereocenters. The Labute approximate surface area is 272 Å². The van der Waals surface area contributed by atoms with Crippen molar-refractivity contribution in [2.75, 3.05) is 10.8 Å². The minimum atomic E-state index is -4.24. The molecule has 0 spiro atoms. The molecule has 9 heteroatoms. The number of sulfonamides is 1. The van der Waals surface area contributed by atoms with Crippen LogP contribution in [0.4, 0.5) is 10.1 Å². The summed E-state index contributed by atoms with van der Waals surface area (Å²) in [4.78, 5) is 29.8. The highest BCUT2D eigenvalue weighted by Crippen LogP contribution is 2.27. The van der Waals surface area contributed by atoms with Crippen molar-refractivity contribution in [3.63, 3.8) is 0 Å². The van der Waals surface area contributed by atoms with Gasteiger partial charge in [0.1, 0.15) is 18.4 Å². The van der Waals surface area contributed by atoms with E-state index in [0.717, 1.165) is 26.6 Å². The molecule has 0 bridgehead atoms. The van der Waals surface area contributed by atoms with Gasteiger partial charge < -0.3 is 10.2 Å². The molecule has 0 unspecified atom stereocenters. The Morgan fingerprint density at radius 3 is 1.98 bits per heavy atom. The van der Waals surface area contributed by atoms with Gasteiger partial charge in [0, 0.05) is 24.1 Å². The number of anilines is 1. The van der Waals surface area contributed by atoms with Crippen molar-refractivity contribution in [1.29, 1.82) is 0 Å². The molecular weight excluding hydrogens is 601 g/mol. The number of amides is 2. The number of benzene rings is 4. The van der Waals surface area contributed by atoms with Crippen LogP contribution in [0, 0.1) is 26.6 Å². The van der Waals surface area contributed by atoms with Gasteiger partial charge in [-0.3, -0.25) is 13.9 Å². The molecule has 0 radical (unpaired) electrons. The highest BCUT2D eigenvalue weighted by molar-refractivity contribution is 7.92. The number of hydrogen-bond acceptors (Lipinski definition) is 4. The summed E-state index contributed by atoms with van der Waals surface area (Å²) in [7, 11) is -4.24. The predicted octanol–water partition coefficient (Wildman–Crippen LogP) is 6.50. The summed E-state index contributed by atoms with van der Waals surface area (Å²) < 4.78 is 44.6. The fourth-order valence-corrected chi connectivity index (χ4v) is 6.68. The van der Waals surface area contributed by atoms with Crippen LogP contribution in [0.2, 0.25) is 0 Å². The van der Waals surface area contributed by atoms with Crippen molar-refractivity contribution in [1.82, 2.24) is 10.2 Å². The number of hydrogen-bond donors (Lipinski definition) is 1. The van der Waals surface area contributed by atoms with Crippen LogP contribution in [-0.4, -0.2) is 43.3 Å². The first-order chi connectivity index (χ1) is 21.6. The zero-order valence-corrected chi connectivity index (χ0v) is 28.1. The smallest absolute Gasteiger partial charge is 0.264 e. The lowest BCUT2D eigenvalue weighted by atomic mass is 10.0. The lowest BCUT2D eigenvalue weighted by molar-refractivity contribution is -0.140. The van der Waals surface area contributed by atoms with Crippen LogP contribution in [0.25, 0.3) is 0 Å². The van der Waals surface area contributed by atoms with Crippen LogP contribution in [0.5, 0.6) is 0 Å². The first-order valence-electron chi connectivity index (χ1n) is 15.2. The molecule has 4 rings (SSSR count). The van der Waals surface area contributed by atoms with Gasteiger partial charge in [0.25, 0.3) is 10.0 Å². The second kappa shape index (κ2) is 14.3. The molecule has 4 aromatic carbocycles. The van der Waals surface area contributed by atoms with Crippen LogP contribution >= 0.6 is 0 Å². The fraction of sp³-hybridized carbons (Fsp3) is 0.297. The number of carbonyl (C=O) groups is 2. The van der Waals surface area contributed by atoms with Crippen molar-refractivity contribution in [3.05, 3.63) is 131 Å². The van der Waals surface area contributed by atoms with E-state index in [-0.39, 0.29) is 23.4 Å². The molecule has 0 fully saturated rings. The van der Waals surface area contributed by atoms with Gasteiger partial charge in [-0.05, 0) is 88.6 Å². The minimum absolute atomic E-state index is 0.0250. The summed E-state index contributed by atoms with van der Waals surface area (Å²) in [5.74, 6) is -1.61. The number of aryl methyl sites for hydroxylation is 3.